The zero-order chi connectivity index (χ0) is 5.82. The van der Waals surface area contributed by atoms with Gasteiger partial charge < -0.3 is 10.3 Å². The molecule has 9 heavy (non-hydrogen) atoms. The maximum atomic E-state index is 5.19. The first-order chi connectivity index (χ1) is 3.93. The monoisotopic (exact) mass is 149 g/mol. The van der Waals surface area contributed by atoms with E-state index in [9.17, 15) is 0 Å². The molecule has 0 aliphatic rings. The normalized spacial score (nSPS) is 8.56. The lowest BCUT2D eigenvalue weighted by Gasteiger charge is -1.82. The molecule has 0 atom stereocenters. The third kappa shape index (κ3) is 2.43. The minimum Gasteiger partial charge on any atom is -0.340 e. The summed E-state index contributed by atoms with van der Waals surface area (Å²) in [6, 6.07) is 0. The summed E-state index contributed by atoms with van der Waals surface area (Å²) in [4.78, 5) is 3.75. The van der Waals surface area contributed by atoms with Crippen LogP contribution in [0.15, 0.2) is 10.9 Å². The van der Waals surface area contributed by atoms with Gasteiger partial charge in [0.15, 0.2) is 6.33 Å². The Morgan fingerprint density at radius 1 is 1.67 bits per heavy atom. The van der Waals surface area contributed by atoms with Crippen LogP contribution in [0.5, 0.6) is 0 Å². The second-order valence-electron chi connectivity index (χ2n) is 1.37. The number of rotatable bonds is 2. The van der Waals surface area contributed by atoms with E-state index < -0.39 is 0 Å². The third-order valence-electron chi connectivity index (χ3n) is 0.765. The first-order valence-corrected chi connectivity index (χ1v) is 2.39. The molecule has 0 bridgehead atoms. The van der Waals surface area contributed by atoms with Gasteiger partial charge in [-0.3, -0.25) is 0 Å². The van der Waals surface area contributed by atoms with Crippen molar-refractivity contribution in [3.8, 4) is 0 Å². The highest BCUT2D eigenvalue weighted by molar-refractivity contribution is 5.85. The molecule has 52 valence electrons. The molecule has 1 heterocycles. The van der Waals surface area contributed by atoms with Crippen LogP contribution < -0.4 is 5.73 Å². The van der Waals surface area contributed by atoms with Crippen LogP contribution in [0.25, 0.3) is 0 Å². The number of hydrogen-bond acceptors (Lipinski definition) is 4. The average molecular weight is 150 g/mol. The van der Waals surface area contributed by atoms with E-state index in [1.807, 2.05) is 0 Å². The molecule has 1 aromatic heterocycles. The quantitative estimate of drug-likeness (QED) is 0.643. The second kappa shape index (κ2) is 4.29. The lowest BCUT2D eigenvalue weighted by atomic mass is 10.4. The molecule has 0 radical (unpaired) electrons. The van der Waals surface area contributed by atoms with Gasteiger partial charge in [0.2, 0.25) is 5.89 Å². The largest absolute Gasteiger partial charge is 0.340 e. The molecule has 0 aliphatic carbocycles. The van der Waals surface area contributed by atoms with Gasteiger partial charge in [-0.2, -0.15) is 4.98 Å². The molecular weight excluding hydrogens is 142 g/mol. The Labute approximate surface area is 58.8 Å². The summed E-state index contributed by atoms with van der Waals surface area (Å²) < 4.78 is 4.63. The van der Waals surface area contributed by atoms with E-state index in [1.165, 1.54) is 6.33 Å². The summed E-state index contributed by atoms with van der Waals surface area (Å²) in [5, 5.41) is 3.40. The minimum absolute atomic E-state index is 0. The third-order valence-corrected chi connectivity index (χ3v) is 0.765. The molecule has 0 amide bonds. The van der Waals surface area contributed by atoms with E-state index in [1.54, 1.807) is 0 Å². The molecule has 0 aliphatic heterocycles. The molecular formula is C4H8ClN3O. The molecule has 0 aromatic carbocycles. The van der Waals surface area contributed by atoms with Crippen LogP contribution in [0.4, 0.5) is 0 Å². The highest BCUT2D eigenvalue weighted by Gasteiger charge is 1.92. The topological polar surface area (TPSA) is 64.9 Å². The summed E-state index contributed by atoms with van der Waals surface area (Å²) in [6.45, 7) is 0.558. The number of hydrogen-bond donors (Lipinski definition) is 1. The smallest absolute Gasteiger partial charge is 0.227 e. The molecule has 0 spiro atoms. The second-order valence-corrected chi connectivity index (χ2v) is 1.37. The van der Waals surface area contributed by atoms with Crippen molar-refractivity contribution in [1.82, 2.24) is 10.1 Å². The van der Waals surface area contributed by atoms with Crippen molar-refractivity contribution in [2.75, 3.05) is 6.54 Å². The maximum absolute atomic E-state index is 5.19. The van der Waals surface area contributed by atoms with Crippen LogP contribution in [0.1, 0.15) is 5.89 Å². The first kappa shape index (κ1) is 8.39. The van der Waals surface area contributed by atoms with Crippen LogP contribution >= 0.6 is 12.4 Å². The zero-order valence-corrected chi connectivity index (χ0v) is 5.60. The van der Waals surface area contributed by atoms with Gasteiger partial charge in [-0.15, -0.1) is 12.4 Å². The van der Waals surface area contributed by atoms with Gasteiger partial charge in [0.05, 0.1) is 0 Å². The van der Waals surface area contributed by atoms with Gasteiger partial charge in [0, 0.05) is 13.0 Å². The summed E-state index contributed by atoms with van der Waals surface area (Å²) in [7, 11) is 0. The first-order valence-electron chi connectivity index (χ1n) is 2.39. The fraction of sp³-hybridized carbons (Fsp3) is 0.500. The van der Waals surface area contributed by atoms with Gasteiger partial charge in [0.25, 0.3) is 0 Å². The number of nitrogens with two attached hydrogens (primary N) is 1. The predicted octanol–water partition coefficient (Wildman–Crippen LogP) is -0.00740. The van der Waals surface area contributed by atoms with Crippen LogP contribution in [0, 0.1) is 0 Å². The Kier molecular flexibility index (Phi) is 4.00. The average Bonchev–Trinajstić information content (AvgIpc) is 2.19. The van der Waals surface area contributed by atoms with E-state index in [2.05, 4.69) is 14.7 Å². The van der Waals surface area contributed by atoms with Crippen LogP contribution in [-0.4, -0.2) is 16.7 Å². The van der Waals surface area contributed by atoms with Crippen molar-refractivity contribution in [2.24, 2.45) is 5.73 Å². The Morgan fingerprint density at radius 3 is 2.89 bits per heavy atom. The number of aromatic nitrogens is 2. The van der Waals surface area contributed by atoms with Crippen LogP contribution in [-0.2, 0) is 6.42 Å². The fourth-order valence-electron chi connectivity index (χ4n) is 0.430. The van der Waals surface area contributed by atoms with Crippen molar-refractivity contribution in [2.45, 2.75) is 6.42 Å². The summed E-state index contributed by atoms with van der Waals surface area (Å²) >= 11 is 0. The van der Waals surface area contributed by atoms with E-state index in [0.717, 1.165) is 0 Å². The highest BCUT2D eigenvalue weighted by Crippen LogP contribution is 1.88. The maximum Gasteiger partial charge on any atom is 0.227 e. The van der Waals surface area contributed by atoms with Gasteiger partial charge >= 0.3 is 0 Å². The molecule has 1 aromatic rings. The van der Waals surface area contributed by atoms with Crippen molar-refractivity contribution >= 4 is 12.4 Å². The molecule has 0 unspecified atom stereocenters. The van der Waals surface area contributed by atoms with Crippen molar-refractivity contribution in [3.63, 3.8) is 0 Å². The van der Waals surface area contributed by atoms with E-state index in [4.69, 9.17) is 5.73 Å². The summed E-state index contributed by atoms with van der Waals surface area (Å²) in [5.41, 5.74) is 5.19. The van der Waals surface area contributed by atoms with Gasteiger partial charge in [0.1, 0.15) is 0 Å². The SMILES string of the molecule is Cl.NCCc1ncno1. The number of nitrogens with zero attached hydrogens (tertiary/aromatic N) is 2. The molecule has 0 saturated heterocycles. The van der Waals surface area contributed by atoms with Gasteiger partial charge in [-0.05, 0) is 0 Å². The predicted molar refractivity (Wildman–Crippen MR) is 34.3 cm³/mol. The Morgan fingerprint density at radius 2 is 2.44 bits per heavy atom. The fourth-order valence-corrected chi connectivity index (χ4v) is 0.430. The Hall–Kier alpha value is -0.610. The summed E-state index contributed by atoms with van der Waals surface area (Å²) in [6.07, 6.45) is 2.03. The molecule has 0 fully saturated rings. The van der Waals surface area contributed by atoms with Crippen LogP contribution in [0.2, 0.25) is 0 Å². The van der Waals surface area contributed by atoms with Crippen molar-refractivity contribution < 1.29 is 4.52 Å². The number of halogens is 1. The lowest BCUT2D eigenvalue weighted by Crippen LogP contribution is -2.02. The van der Waals surface area contributed by atoms with Crippen molar-refractivity contribution in [1.29, 1.82) is 0 Å². The molecule has 1 rings (SSSR count). The van der Waals surface area contributed by atoms with Gasteiger partial charge in [-0.25, -0.2) is 0 Å². The molecule has 2 N–H and O–H groups in total. The van der Waals surface area contributed by atoms with E-state index in [-0.39, 0.29) is 12.4 Å². The minimum atomic E-state index is 0. The molecule has 0 saturated carbocycles. The Balaban J connectivity index is 0.000000640. The highest BCUT2D eigenvalue weighted by atomic mass is 35.5. The van der Waals surface area contributed by atoms with Crippen LogP contribution in [0.3, 0.4) is 0 Å². The zero-order valence-electron chi connectivity index (χ0n) is 4.78. The Bertz CT molecular complexity index is 142. The summed E-state index contributed by atoms with van der Waals surface area (Å²) in [5.74, 6) is 0.604. The standard InChI is InChI=1S/C4H7N3O.ClH/c5-2-1-4-6-3-7-8-4;/h3H,1-2,5H2;1H. The molecule has 5 heteroatoms. The lowest BCUT2D eigenvalue weighted by molar-refractivity contribution is 0.379. The van der Waals surface area contributed by atoms with E-state index >= 15 is 0 Å². The van der Waals surface area contributed by atoms with E-state index in [0.29, 0.717) is 18.9 Å². The molecule has 4 nitrogen and oxygen atoms in total. The van der Waals surface area contributed by atoms with Crippen molar-refractivity contribution in [3.05, 3.63) is 12.2 Å². The van der Waals surface area contributed by atoms with Gasteiger partial charge in [-0.1, -0.05) is 5.16 Å².